The average Bonchev–Trinajstić information content (AvgIpc) is 2.85. The topological polar surface area (TPSA) is 102 Å². The van der Waals surface area contributed by atoms with Gasteiger partial charge >= 0.3 is 6.18 Å². The summed E-state index contributed by atoms with van der Waals surface area (Å²) in [6.07, 6.45) is -2.39. The minimum absolute atomic E-state index is 0.0620. The first kappa shape index (κ1) is 24.7. The Labute approximate surface area is 179 Å². The lowest BCUT2D eigenvalue weighted by molar-refractivity contribution is -0.153. The Morgan fingerprint density at radius 3 is 2.58 bits per heavy atom. The van der Waals surface area contributed by atoms with E-state index in [1.54, 1.807) is 13.8 Å². The number of carbonyl (C=O) groups excluding carboxylic acids is 2. The highest BCUT2D eigenvalue weighted by Crippen LogP contribution is 2.33. The van der Waals surface area contributed by atoms with E-state index in [0.29, 0.717) is 36.8 Å². The van der Waals surface area contributed by atoms with Crippen LogP contribution in [0.5, 0.6) is 11.5 Å². The van der Waals surface area contributed by atoms with Gasteiger partial charge < -0.3 is 20.9 Å². The molecular formula is C22H29F3N2O4. The first-order chi connectivity index (χ1) is 14.3. The SMILES string of the molecule is C=C1C[C@H](C(=O)NCc2ccc(O)cc2OCC(F)(F)F)CCCC1C(=O)C(C)(C)N. The highest BCUT2D eigenvalue weighted by molar-refractivity contribution is 5.91. The number of hydrogen-bond acceptors (Lipinski definition) is 5. The van der Waals surface area contributed by atoms with Crippen LogP contribution in [0.1, 0.15) is 45.1 Å². The molecule has 1 aliphatic rings. The Bertz CT molecular complexity index is 831. The van der Waals surface area contributed by atoms with Crippen LogP contribution in [0.4, 0.5) is 13.2 Å². The van der Waals surface area contributed by atoms with E-state index in [0.717, 1.165) is 6.07 Å². The van der Waals surface area contributed by atoms with E-state index in [1.165, 1.54) is 12.1 Å². The van der Waals surface area contributed by atoms with Crippen molar-refractivity contribution in [2.45, 2.75) is 57.8 Å². The highest BCUT2D eigenvalue weighted by Gasteiger charge is 2.35. The van der Waals surface area contributed by atoms with Gasteiger partial charge in [-0.1, -0.05) is 18.6 Å². The molecule has 4 N–H and O–H groups in total. The van der Waals surface area contributed by atoms with Crippen LogP contribution in [0.2, 0.25) is 0 Å². The van der Waals surface area contributed by atoms with Crippen molar-refractivity contribution in [3.63, 3.8) is 0 Å². The van der Waals surface area contributed by atoms with Gasteiger partial charge in [0.15, 0.2) is 12.4 Å². The average molecular weight is 442 g/mol. The van der Waals surface area contributed by atoms with E-state index in [1.807, 2.05) is 0 Å². The second-order valence-corrected chi connectivity index (χ2v) is 8.54. The van der Waals surface area contributed by atoms with Gasteiger partial charge in [0.2, 0.25) is 5.91 Å². The van der Waals surface area contributed by atoms with Gasteiger partial charge in [0.05, 0.1) is 5.54 Å². The Hall–Kier alpha value is -2.55. The first-order valence-corrected chi connectivity index (χ1v) is 10.1. The van der Waals surface area contributed by atoms with Crippen molar-refractivity contribution < 1.29 is 32.6 Å². The summed E-state index contributed by atoms with van der Waals surface area (Å²) in [6, 6.07) is 3.77. The van der Waals surface area contributed by atoms with Crippen molar-refractivity contribution in [3.8, 4) is 11.5 Å². The molecule has 9 heteroatoms. The summed E-state index contributed by atoms with van der Waals surface area (Å²) in [6.45, 7) is 5.73. The lowest BCUT2D eigenvalue weighted by Crippen LogP contribution is -2.45. The van der Waals surface area contributed by atoms with E-state index in [-0.39, 0.29) is 29.7 Å². The molecule has 0 bridgehead atoms. The Kier molecular flexibility index (Phi) is 7.75. The van der Waals surface area contributed by atoms with Crippen molar-refractivity contribution in [1.82, 2.24) is 5.32 Å². The molecule has 0 radical (unpaired) electrons. The zero-order valence-corrected chi connectivity index (χ0v) is 17.7. The third-order valence-electron chi connectivity index (χ3n) is 5.26. The van der Waals surface area contributed by atoms with E-state index in [2.05, 4.69) is 11.9 Å². The number of ether oxygens (including phenoxy) is 1. The quantitative estimate of drug-likeness (QED) is 0.442. The van der Waals surface area contributed by atoms with Gasteiger partial charge in [-0.15, -0.1) is 0 Å². The monoisotopic (exact) mass is 442 g/mol. The summed E-state index contributed by atoms with van der Waals surface area (Å²) < 4.78 is 42.2. The number of nitrogens with two attached hydrogens (primary N) is 1. The molecule has 1 saturated carbocycles. The number of ketones is 1. The molecule has 1 aliphatic carbocycles. The van der Waals surface area contributed by atoms with Crippen molar-refractivity contribution in [2.75, 3.05) is 6.61 Å². The highest BCUT2D eigenvalue weighted by atomic mass is 19.4. The van der Waals surface area contributed by atoms with Gasteiger partial charge in [-0.3, -0.25) is 9.59 Å². The molecule has 0 heterocycles. The van der Waals surface area contributed by atoms with Crippen LogP contribution in [0.25, 0.3) is 0 Å². The maximum absolute atomic E-state index is 12.7. The fourth-order valence-electron chi connectivity index (χ4n) is 3.63. The lowest BCUT2D eigenvalue weighted by atomic mass is 9.82. The van der Waals surface area contributed by atoms with Crippen LogP contribution < -0.4 is 15.8 Å². The summed E-state index contributed by atoms with van der Waals surface area (Å²) in [7, 11) is 0. The van der Waals surface area contributed by atoms with Crippen molar-refractivity contribution in [2.24, 2.45) is 17.6 Å². The molecule has 1 fully saturated rings. The number of alkyl halides is 3. The summed E-state index contributed by atoms with van der Waals surface area (Å²) in [5, 5.41) is 12.3. The maximum Gasteiger partial charge on any atom is 0.422 e. The standard InChI is InChI=1S/C22H29F3N2O4/c1-13-9-14(5-4-6-17(13)19(29)21(2,3)26)20(30)27-11-15-7-8-16(28)10-18(15)31-12-22(23,24)25/h7-8,10,14,17,28H,1,4-6,9,11-12,26H2,2-3H3,(H,27,30)/t14-,17?/m1/s1. The Morgan fingerprint density at radius 2 is 1.97 bits per heavy atom. The molecule has 1 aromatic carbocycles. The molecule has 1 aromatic rings. The molecular weight excluding hydrogens is 413 g/mol. The van der Waals surface area contributed by atoms with Gasteiger partial charge in [0.1, 0.15) is 11.5 Å². The van der Waals surface area contributed by atoms with Crippen molar-refractivity contribution in [1.29, 1.82) is 0 Å². The maximum atomic E-state index is 12.7. The molecule has 1 amide bonds. The number of hydrogen-bond donors (Lipinski definition) is 3. The second-order valence-electron chi connectivity index (χ2n) is 8.54. The molecule has 2 rings (SSSR count). The van der Waals surface area contributed by atoms with Gasteiger partial charge in [0.25, 0.3) is 0 Å². The number of allylic oxidation sites excluding steroid dienone is 1. The van der Waals surface area contributed by atoms with Crippen LogP contribution >= 0.6 is 0 Å². The van der Waals surface area contributed by atoms with Crippen LogP contribution in [0, 0.1) is 11.8 Å². The number of nitrogens with one attached hydrogen (secondary N) is 1. The van der Waals surface area contributed by atoms with E-state index >= 15 is 0 Å². The molecule has 31 heavy (non-hydrogen) atoms. The van der Waals surface area contributed by atoms with Gasteiger partial charge in [-0.2, -0.15) is 13.2 Å². The molecule has 0 aliphatic heterocycles. The number of aromatic hydroxyl groups is 1. The summed E-state index contributed by atoms with van der Waals surface area (Å²) in [4.78, 5) is 25.3. The molecule has 6 nitrogen and oxygen atoms in total. The molecule has 0 saturated heterocycles. The molecule has 0 spiro atoms. The third kappa shape index (κ3) is 7.27. The number of amides is 1. The van der Waals surface area contributed by atoms with E-state index in [4.69, 9.17) is 10.5 Å². The molecule has 1 unspecified atom stereocenters. The minimum atomic E-state index is -4.53. The number of halogens is 3. The predicted molar refractivity (Wildman–Crippen MR) is 109 cm³/mol. The largest absolute Gasteiger partial charge is 0.508 e. The zero-order chi connectivity index (χ0) is 23.4. The zero-order valence-electron chi connectivity index (χ0n) is 17.7. The van der Waals surface area contributed by atoms with Gasteiger partial charge in [-0.25, -0.2) is 0 Å². The van der Waals surface area contributed by atoms with Gasteiger partial charge in [0, 0.05) is 30.0 Å². The van der Waals surface area contributed by atoms with Crippen LogP contribution in [-0.2, 0) is 16.1 Å². The van der Waals surface area contributed by atoms with Gasteiger partial charge in [-0.05, 0) is 45.2 Å². The molecule has 172 valence electrons. The first-order valence-electron chi connectivity index (χ1n) is 10.1. The fourth-order valence-corrected chi connectivity index (χ4v) is 3.63. The van der Waals surface area contributed by atoms with Crippen molar-refractivity contribution >= 4 is 11.7 Å². The normalized spacial score (nSPS) is 20.1. The Balaban J connectivity index is 2.02. The summed E-state index contributed by atoms with van der Waals surface area (Å²) in [5.41, 5.74) is 5.92. The number of rotatable bonds is 7. The van der Waals surface area contributed by atoms with Crippen LogP contribution in [0.3, 0.4) is 0 Å². The number of benzene rings is 1. The Morgan fingerprint density at radius 1 is 1.29 bits per heavy atom. The van der Waals surface area contributed by atoms with Crippen LogP contribution in [-0.4, -0.2) is 35.1 Å². The molecule has 0 aromatic heterocycles. The van der Waals surface area contributed by atoms with E-state index in [9.17, 15) is 27.9 Å². The molecule has 2 atom stereocenters. The number of carbonyl (C=O) groups is 2. The summed E-state index contributed by atoms with van der Waals surface area (Å²) >= 11 is 0. The number of phenolic OH excluding ortho intramolecular Hbond substituents is 1. The van der Waals surface area contributed by atoms with Crippen LogP contribution in [0.15, 0.2) is 30.4 Å². The third-order valence-corrected chi connectivity index (χ3v) is 5.26. The van der Waals surface area contributed by atoms with E-state index < -0.39 is 30.2 Å². The lowest BCUT2D eigenvalue weighted by Gasteiger charge is -2.25. The second kappa shape index (κ2) is 9.72. The summed E-state index contributed by atoms with van der Waals surface area (Å²) in [5.74, 6) is -1.57. The fraction of sp³-hybridized carbons (Fsp3) is 0.545. The number of phenols is 1. The predicted octanol–water partition coefficient (Wildman–Crippen LogP) is 3.62. The minimum Gasteiger partial charge on any atom is -0.508 e. The smallest absolute Gasteiger partial charge is 0.422 e. The number of Topliss-reactive ketones (excluding diaryl/α,β-unsaturated/α-hetero) is 1. The van der Waals surface area contributed by atoms with Crippen molar-refractivity contribution in [3.05, 3.63) is 35.9 Å².